The number of quaternary nitrogens is 1. The van der Waals surface area contributed by atoms with Gasteiger partial charge in [0.15, 0.2) is 12.4 Å². The van der Waals surface area contributed by atoms with Gasteiger partial charge in [0.2, 0.25) is 0 Å². The molecule has 0 unspecified atom stereocenters. The highest BCUT2D eigenvalue weighted by Gasteiger charge is 2.56. The van der Waals surface area contributed by atoms with Crippen molar-refractivity contribution >= 4 is 15.8 Å². The van der Waals surface area contributed by atoms with Gasteiger partial charge in [0.1, 0.15) is 18.2 Å². The fraction of sp³-hybridized carbons (Fsp3) is 0.478. The third-order valence-corrected chi connectivity index (χ3v) is 7.98. The lowest BCUT2D eigenvalue weighted by Gasteiger charge is -2.44. The molecule has 0 saturated carbocycles. The molecule has 0 aromatic heterocycles. The van der Waals surface area contributed by atoms with Gasteiger partial charge < -0.3 is 24.4 Å². The SMILES string of the molecule is Cc1ccc(S(=O)(=O)O[C@@H]2[C@H]3OC[C@H](O3)[C@H]([NH+]3CCN(c4ccccc4)CC3)[C@H]2O)cc1. The molecule has 0 aliphatic carbocycles. The summed E-state index contributed by atoms with van der Waals surface area (Å²) in [6, 6.07) is 16.4. The number of para-hydroxylation sites is 1. The Bertz CT molecular complexity index is 1020. The zero-order valence-corrected chi connectivity index (χ0v) is 18.8. The van der Waals surface area contributed by atoms with Crippen molar-refractivity contribution in [2.24, 2.45) is 0 Å². The summed E-state index contributed by atoms with van der Waals surface area (Å²) in [4.78, 5) is 3.55. The van der Waals surface area contributed by atoms with Crippen molar-refractivity contribution < 1.29 is 32.1 Å². The molecule has 0 spiro atoms. The van der Waals surface area contributed by atoms with E-state index in [1.54, 1.807) is 12.1 Å². The van der Waals surface area contributed by atoms with Crippen LogP contribution in [0.4, 0.5) is 5.69 Å². The molecule has 0 amide bonds. The van der Waals surface area contributed by atoms with Gasteiger partial charge in [0.05, 0.1) is 37.7 Å². The predicted octanol–water partition coefficient (Wildman–Crippen LogP) is -0.0414. The first kappa shape index (κ1) is 21.8. The quantitative estimate of drug-likeness (QED) is 0.604. The molecular weight excluding hydrogens is 432 g/mol. The maximum absolute atomic E-state index is 12.9. The van der Waals surface area contributed by atoms with Crippen molar-refractivity contribution in [1.29, 1.82) is 0 Å². The maximum Gasteiger partial charge on any atom is 0.297 e. The number of ether oxygens (including phenoxy) is 2. The first-order valence-electron chi connectivity index (χ1n) is 11.0. The van der Waals surface area contributed by atoms with Crippen LogP contribution in [0.2, 0.25) is 0 Å². The largest absolute Gasteiger partial charge is 0.384 e. The maximum atomic E-state index is 12.9. The first-order valence-corrected chi connectivity index (χ1v) is 12.4. The van der Waals surface area contributed by atoms with Crippen LogP contribution in [0.3, 0.4) is 0 Å². The molecule has 172 valence electrons. The van der Waals surface area contributed by atoms with E-state index >= 15 is 0 Å². The molecule has 5 rings (SSSR count). The van der Waals surface area contributed by atoms with E-state index in [1.807, 2.05) is 25.1 Å². The fourth-order valence-corrected chi connectivity index (χ4v) is 6.00. The number of nitrogens with one attached hydrogen (secondary N) is 1. The van der Waals surface area contributed by atoms with Crippen molar-refractivity contribution in [2.45, 2.75) is 42.5 Å². The zero-order valence-electron chi connectivity index (χ0n) is 18.0. The highest BCUT2D eigenvalue weighted by atomic mass is 32.2. The van der Waals surface area contributed by atoms with E-state index in [-0.39, 0.29) is 17.0 Å². The fourth-order valence-electron chi connectivity index (χ4n) is 4.92. The van der Waals surface area contributed by atoms with Gasteiger partial charge in [0, 0.05) is 5.69 Å². The number of hydrogen-bond acceptors (Lipinski definition) is 7. The normalized spacial score (nSPS) is 31.1. The van der Waals surface area contributed by atoms with Crippen LogP contribution in [0.5, 0.6) is 0 Å². The lowest BCUT2D eigenvalue weighted by atomic mass is 9.95. The van der Waals surface area contributed by atoms with E-state index in [0.717, 1.165) is 31.7 Å². The van der Waals surface area contributed by atoms with Gasteiger partial charge in [-0.25, -0.2) is 0 Å². The number of aliphatic hydroxyl groups excluding tert-OH is 1. The summed E-state index contributed by atoms with van der Waals surface area (Å²) in [7, 11) is -4.07. The summed E-state index contributed by atoms with van der Waals surface area (Å²) in [5.41, 5.74) is 2.13. The van der Waals surface area contributed by atoms with Crippen LogP contribution < -0.4 is 9.80 Å². The van der Waals surface area contributed by atoms with Gasteiger partial charge in [-0.15, -0.1) is 0 Å². The number of anilines is 1. The number of rotatable bonds is 5. The lowest BCUT2D eigenvalue weighted by Crippen LogP contribution is -3.21. The summed E-state index contributed by atoms with van der Waals surface area (Å²) in [5.74, 6) is 0. The van der Waals surface area contributed by atoms with E-state index in [4.69, 9.17) is 13.7 Å². The molecule has 0 radical (unpaired) electrons. The Labute approximate surface area is 188 Å². The lowest BCUT2D eigenvalue weighted by molar-refractivity contribution is -0.934. The Balaban J connectivity index is 1.30. The van der Waals surface area contributed by atoms with Gasteiger partial charge in [-0.1, -0.05) is 35.9 Å². The van der Waals surface area contributed by atoms with Crippen molar-refractivity contribution in [1.82, 2.24) is 0 Å². The summed E-state index contributed by atoms with van der Waals surface area (Å²) < 4.78 is 42.9. The van der Waals surface area contributed by atoms with Crippen LogP contribution in [-0.4, -0.2) is 77.0 Å². The molecule has 3 heterocycles. The standard InChI is InChI=1S/C23H28N2O6S/c1-16-7-9-18(10-8-16)32(27,28)31-22-21(26)20(19-15-29-23(22)30-19)25-13-11-24(12-14-25)17-5-3-2-4-6-17/h2-10,19-23,26H,11-15H2,1H3/p+1/t19-,20-,21+,22-,23-/m0/s1. The number of aryl methyl sites for hydroxylation is 1. The van der Waals surface area contributed by atoms with E-state index in [9.17, 15) is 13.5 Å². The molecule has 2 bridgehead atoms. The van der Waals surface area contributed by atoms with Gasteiger partial charge >= 0.3 is 0 Å². The molecule has 3 aliphatic rings. The highest BCUT2D eigenvalue weighted by Crippen LogP contribution is 2.31. The first-order chi connectivity index (χ1) is 15.4. The number of fused-ring (bicyclic) bond motifs is 2. The van der Waals surface area contributed by atoms with Gasteiger partial charge in [-0.05, 0) is 31.2 Å². The Morgan fingerprint density at radius 1 is 1.06 bits per heavy atom. The molecule has 2 aromatic carbocycles. The van der Waals surface area contributed by atoms with E-state index in [1.165, 1.54) is 22.7 Å². The summed E-state index contributed by atoms with van der Waals surface area (Å²) in [5, 5.41) is 11.2. The second kappa shape index (κ2) is 8.74. The summed E-state index contributed by atoms with van der Waals surface area (Å²) >= 11 is 0. The van der Waals surface area contributed by atoms with Gasteiger partial charge in [-0.3, -0.25) is 4.18 Å². The van der Waals surface area contributed by atoms with Crippen LogP contribution >= 0.6 is 0 Å². The number of benzene rings is 2. The molecule has 8 nitrogen and oxygen atoms in total. The van der Waals surface area contributed by atoms with E-state index in [2.05, 4.69) is 17.0 Å². The minimum absolute atomic E-state index is 0.0517. The smallest absolute Gasteiger partial charge is 0.297 e. The third-order valence-electron chi connectivity index (χ3n) is 6.65. The second-order valence-electron chi connectivity index (χ2n) is 8.70. The van der Waals surface area contributed by atoms with Crippen LogP contribution in [0.15, 0.2) is 59.5 Å². The molecule has 3 saturated heterocycles. The van der Waals surface area contributed by atoms with Crippen molar-refractivity contribution in [2.75, 3.05) is 37.7 Å². The molecule has 5 atom stereocenters. The van der Waals surface area contributed by atoms with Crippen LogP contribution in [0.25, 0.3) is 0 Å². The number of hydrogen-bond donors (Lipinski definition) is 2. The topological polar surface area (TPSA) is 89.7 Å². The Morgan fingerprint density at radius 2 is 1.75 bits per heavy atom. The predicted molar refractivity (Wildman–Crippen MR) is 117 cm³/mol. The molecule has 2 aromatic rings. The van der Waals surface area contributed by atoms with Crippen molar-refractivity contribution in [3.05, 3.63) is 60.2 Å². The molecule has 9 heteroatoms. The van der Waals surface area contributed by atoms with E-state index < -0.39 is 28.6 Å². The van der Waals surface area contributed by atoms with Crippen LogP contribution in [0, 0.1) is 6.92 Å². The summed E-state index contributed by atoms with van der Waals surface area (Å²) in [6.45, 7) is 5.49. The van der Waals surface area contributed by atoms with E-state index in [0.29, 0.717) is 6.61 Å². The third kappa shape index (κ3) is 4.16. The molecular formula is C23H29N2O6S+. The molecule has 2 N–H and O–H groups in total. The minimum Gasteiger partial charge on any atom is -0.384 e. The average Bonchev–Trinajstić information content (AvgIpc) is 3.23. The average molecular weight is 462 g/mol. The molecule has 3 fully saturated rings. The summed E-state index contributed by atoms with van der Waals surface area (Å²) in [6.07, 6.45) is -3.30. The molecule has 32 heavy (non-hydrogen) atoms. The number of piperazine rings is 1. The Hall–Kier alpha value is -2.01. The molecule has 3 aliphatic heterocycles. The van der Waals surface area contributed by atoms with Crippen LogP contribution in [0.1, 0.15) is 5.56 Å². The van der Waals surface area contributed by atoms with Gasteiger partial charge in [-0.2, -0.15) is 8.42 Å². The van der Waals surface area contributed by atoms with Gasteiger partial charge in [0.25, 0.3) is 10.1 Å². The monoisotopic (exact) mass is 461 g/mol. The second-order valence-corrected chi connectivity index (χ2v) is 10.3. The zero-order chi connectivity index (χ0) is 22.3. The minimum atomic E-state index is -4.07. The highest BCUT2D eigenvalue weighted by molar-refractivity contribution is 7.86. The van der Waals surface area contributed by atoms with Crippen molar-refractivity contribution in [3.63, 3.8) is 0 Å². The number of aliphatic hydroxyl groups is 1. The van der Waals surface area contributed by atoms with Crippen LogP contribution in [-0.2, 0) is 23.8 Å². The Kier molecular flexibility index (Phi) is 5.96. The number of nitrogens with zero attached hydrogens (tertiary/aromatic N) is 1. The van der Waals surface area contributed by atoms with Crippen molar-refractivity contribution in [3.8, 4) is 0 Å². The Morgan fingerprint density at radius 3 is 2.44 bits per heavy atom.